The van der Waals surface area contributed by atoms with E-state index in [9.17, 15) is 14.8 Å². The molecular formula is C24H27ClN5O6P. The van der Waals surface area contributed by atoms with Crippen LogP contribution in [0.15, 0.2) is 48.8 Å². The van der Waals surface area contributed by atoms with Crippen LogP contribution in [0.25, 0.3) is 21.9 Å². The number of unbranched alkanes of at least 4 members (excludes halogenated alkanes) is 1. The van der Waals surface area contributed by atoms with E-state index in [1.54, 1.807) is 0 Å². The van der Waals surface area contributed by atoms with Crippen LogP contribution in [0.5, 0.6) is 0 Å². The van der Waals surface area contributed by atoms with E-state index >= 15 is 0 Å². The monoisotopic (exact) mass is 547 g/mol. The Morgan fingerprint density at radius 1 is 1.05 bits per heavy atom. The normalized spacial score (nSPS) is 22.2. The average Bonchev–Trinajstić information content (AvgIpc) is 3.40. The number of rotatable bonds is 9. The first-order valence-electron chi connectivity index (χ1n) is 11.9. The number of fused-ring (bicyclic) bond motifs is 2. The molecule has 0 saturated carbocycles. The summed E-state index contributed by atoms with van der Waals surface area (Å²) in [5.74, 6) is 0.420. The Labute approximate surface area is 217 Å². The predicted octanol–water partition coefficient (Wildman–Crippen LogP) is 3.21. The highest BCUT2D eigenvalue weighted by atomic mass is 35.5. The van der Waals surface area contributed by atoms with Gasteiger partial charge in [0.2, 0.25) is 5.28 Å². The van der Waals surface area contributed by atoms with Gasteiger partial charge in [0.1, 0.15) is 12.2 Å². The summed E-state index contributed by atoms with van der Waals surface area (Å²) < 4.78 is 18.5. The standard InChI is InChI=1S/C24H27ClN5O6P/c25-24-28-21(26-12-14-8-9-15-5-1-2-6-16(15)11-14)18-22(29-24)30(13-27-18)23-20(32)19(31)17(36-23)7-3-4-10-37(33,34)35/h1-2,5-6,8-9,11,13,17,19-20,23,31-32H,3-4,7,10,12H2,(H,26,28,29)(H2,33,34,35)/t17-,19?,20+,23-/m1/s1. The van der Waals surface area contributed by atoms with Crippen LogP contribution in [0.3, 0.4) is 0 Å². The van der Waals surface area contributed by atoms with Crippen LogP contribution >= 0.6 is 19.2 Å². The first-order chi connectivity index (χ1) is 17.7. The van der Waals surface area contributed by atoms with Gasteiger partial charge in [-0.2, -0.15) is 9.97 Å². The van der Waals surface area contributed by atoms with Crippen molar-refractivity contribution in [2.24, 2.45) is 0 Å². The van der Waals surface area contributed by atoms with Gasteiger partial charge >= 0.3 is 7.60 Å². The Morgan fingerprint density at radius 3 is 2.62 bits per heavy atom. The molecule has 1 unspecified atom stereocenters. The largest absolute Gasteiger partial charge is 0.388 e. The summed E-state index contributed by atoms with van der Waals surface area (Å²) in [5.41, 5.74) is 1.81. The van der Waals surface area contributed by atoms with E-state index < -0.39 is 32.1 Å². The topological polar surface area (TPSA) is 163 Å². The van der Waals surface area contributed by atoms with Crippen molar-refractivity contribution >= 4 is 47.0 Å². The molecule has 2 aromatic heterocycles. The molecule has 4 atom stereocenters. The maximum atomic E-state index is 11.0. The number of benzene rings is 2. The number of aliphatic hydroxyl groups excluding tert-OH is 2. The van der Waals surface area contributed by atoms with Crippen molar-refractivity contribution in [2.45, 2.75) is 50.3 Å². The average molecular weight is 548 g/mol. The molecule has 1 aliphatic rings. The molecular weight excluding hydrogens is 521 g/mol. The number of aliphatic hydroxyl groups is 2. The highest BCUT2D eigenvalue weighted by molar-refractivity contribution is 7.51. The molecule has 0 spiro atoms. The van der Waals surface area contributed by atoms with E-state index in [1.807, 2.05) is 24.3 Å². The first-order valence-corrected chi connectivity index (χ1v) is 14.0. The van der Waals surface area contributed by atoms with Gasteiger partial charge in [-0.3, -0.25) is 9.13 Å². The van der Waals surface area contributed by atoms with Gasteiger partial charge in [0.25, 0.3) is 0 Å². The van der Waals surface area contributed by atoms with Crippen LogP contribution < -0.4 is 5.32 Å². The molecule has 1 fully saturated rings. The highest BCUT2D eigenvalue weighted by Gasteiger charge is 2.44. The number of hydrogen-bond acceptors (Lipinski definition) is 8. The summed E-state index contributed by atoms with van der Waals surface area (Å²) in [4.78, 5) is 31.0. The van der Waals surface area contributed by atoms with Crippen LogP contribution in [0.2, 0.25) is 5.28 Å². The van der Waals surface area contributed by atoms with Crippen LogP contribution in [-0.2, 0) is 15.8 Å². The van der Waals surface area contributed by atoms with Gasteiger partial charge in [-0.15, -0.1) is 0 Å². The molecule has 1 aliphatic heterocycles. The van der Waals surface area contributed by atoms with Gasteiger partial charge in [0, 0.05) is 12.7 Å². The lowest BCUT2D eigenvalue weighted by Crippen LogP contribution is -2.31. The lowest BCUT2D eigenvalue weighted by atomic mass is 10.1. The van der Waals surface area contributed by atoms with E-state index in [0.29, 0.717) is 36.4 Å². The fourth-order valence-electron chi connectivity index (χ4n) is 4.59. The van der Waals surface area contributed by atoms with Crippen molar-refractivity contribution in [1.82, 2.24) is 19.5 Å². The SMILES string of the molecule is O=P(O)(O)CCCC[C@H]1O[C@@H](n2cnc3c(NCc4ccc5ccccc5c4)nc(Cl)nc32)[C@@H](O)C1O. The Balaban J connectivity index is 1.32. The Hall–Kier alpha value is -2.63. The van der Waals surface area contributed by atoms with Crippen LogP contribution in [0.4, 0.5) is 5.82 Å². The number of halogens is 1. The van der Waals surface area contributed by atoms with E-state index in [-0.39, 0.29) is 17.9 Å². The lowest BCUT2D eigenvalue weighted by Gasteiger charge is -2.17. The van der Waals surface area contributed by atoms with Gasteiger partial charge < -0.3 is 30.1 Å². The number of imidazole rings is 1. The molecule has 0 radical (unpaired) electrons. The molecule has 0 aliphatic carbocycles. The second-order valence-corrected chi connectivity index (χ2v) is 11.2. The second-order valence-electron chi connectivity index (χ2n) is 9.13. The number of nitrogens with one attached hydrogen (secondary N) is 1. The van der Waals surface area contributed by atoms with E-state index in [1.165, 1.54) is 10.9 Å². The third-order valence-corrected chi connectivity index (χ3v) is 7.54. The van der Waals surface area contributed by atoms with Crippen molar-refractivity contribution in [2.75, 3.05) is 11.5 Å². The third-order valence-electron chi connectivity index (χ3n) is 6.47. The molecule has 5 rings (SSSR count). The molecule has 2 aromatic carbocycles. The molecule has 1 saturated heterocycles. The Bertz CT molecular complexity index is 1460. The predicted molar refractivity (Wildman–Crippen MR) is 138 cm³/mol. The Morgan fingerprint density at radius 2 is 1.84 bits per heavy atom. The summed E-state index contributed by atoms with van der Waals surface area (Å²) in [6.07, 6.45) is -1.87. The third kappa shape index (κ3) is 5.78. The van der Waals surface area contributed by atoms with E-state index in [2.05, 4.69) is 38.5 Å². The van der Waals surface area contributed by atoms with Gasteiger partial charge in [-0.1, -0.05) is 42.8 Å². The molecule has 0 bridgehead atoms. The zero-order chi connectivity index (χ0) is 26.2. The minimum absolute atomic E-state index is 0.0164. The zero-order valence-corrected chi connectivity index (χ0v) is 21.3. The molecule has 4 aromatic rings. The number of aromatic nitrogens is 4. The molecule has 0 amide bonds. The maximum Gasteiger partial charge on any atom is 0.325 e. The van der Waals surface area contributed by atoms with Crippen molar-refractivity contribution in [3.63, 3.8) is 0 Å². The summed E-state index contributed by atoms with van der Waals surface area (Å²) in [6.45, 7) is 0.470. The molecule has 196 valence electrons. The molecule has 3 heterocycles. The van der Waals surface area contributed by atoms with Gasteiger partial charge in [-0.05, 0) is 46.8 Å². The maximum absolute atomic E-state index is 11.0. The quantitative estimate of drug-likeness (QED) is 0.119. The fourth-order valence-corrected chi connectivity index (χ4v) is 5.39. The number of nitrogens with zero attached hydrogens (tertiary/aromatic N) is 4. The molecule has 37 heavy (non-hydrogen) atoms. The molecule has 5 N–H and O–H groups in total. The minimum atomic E-state index is -4.08. The van der Waals surface area contributed by atoms with E-state index in [4.69, 9.17) is 26.1 Å². The number of hydrogen-bond donors (Lipinski definition) is 5. The highest BCUT2D eigenvalue weighted by Crippen LogP contribution is 2.37. The van der Waals surface area contributed by atoms with Crippen LogP contribution in [0.1, 0.15) is 31.1 Å². The fraction of sp³-hybridized carbons (Fsp3) is 0.375. The Kier molecular flexibility index (Phi) is 7.46. The second kappa shape index (κ2) is 10.6. The van der Waals surface area contributed by atoms with Crippen LogP contribution in [-0.4, -0.2) is 64.0 Å². The lowest BCUT2D eigenvalue weighted by molar-refractivity contribution is -0.0373. The van der Waals surface area contributed by atoms with Gasteiger partial charge in [0.05, 0.1) is 12.4 Å². The van der Waals surface area contributed by atoms with Crippen molar-refractivity contribution < 1.29 is 29.3 Å². The summed E-state index contributed by atoms with van der Waals surface area (Å²) in [7, 11) is -4.08. The summed E-state index contributed by atoms with van der Waals surface area (Å²) >= 11 is 6.21. The molecule has 11 nitrogen and oxygen atoms in total. The zero-order valence-electron chi connectivity index (χ0n) is 19.7. The van der Waals surface area contributed by atoms with Crippen LogP contribution in [0, 0.1) is 0 Å². The summed E-state index contributed by atoms with van der Waals surface area (Å²) in [5, 5.41) is 26.7. The van der Waals surface area contributed by atoms with Crippen molar-refractivity contribution in [3.05, 3.63) is 59.6 Å². The number of anilines is 1. The van der Waals surface area contributed by atoms with Gasteiger partial charge in [0.15, 0.2) is 23.2 Å². The first kappa shape index (κ1) is 26.0. The minimum Gasteiger partial charge on any atom is -0.388 e. The number of ether oxygens (including phenoxy) is 1. The van der Waals surface area contributed by atoms with E-state index in [0.717, 1.165) is 16.3 Å². The smallest absolute Gasteiger partial charge is 0.325 e. The van der Waals surface area contributed by atoms with Gasteiger partial charge in [-0.25, -0.2) is 4.98 Å². The molecule has 13 heteroatoms. The van der Waals surface area contributed by atoms with Crippen molar-refractivity contribution in [1.29, 1.82) is 0 Å². The summed E-state index contributed by atoms with van der Waals surface area (Å²) in [6, 6.07) is 14.3. The van der Waals surface area contributed by atoms with Crippen molar-refractivity contribution in [3.8, 4) is 0 Å².